The summed E-state index contributed by atoms with van der Waals surface area (Å²) in [5.41, 5.74) is 0.800. The van der Waals surface area contributed by atoms with Gasteiger partial charge in [-0.25, -0.2) is 9.64 Å². The van der Waals surface area contributed by atoms with E-state index in [1.54, 1.807) is 6.07 Å². The molecule has 0 bridgehead atoms. The molecule has 0 aliphatic heterocycles. The molecule has 0 amide bonds. The predicted molar refractivity (Wildman–Crippen MR) is 48.6 cm³/mol. The van der Waals surface area contributed by atoms with Crippen molar-refractivity contribution in [1.82, 2.24) is 0 Å². The molecule has 0 aliphatic carbocycles. The minimum absolute atomic E-state index is 0.261. The van der Waals surface area contributed by atoms with Crippen molar-refractivity contribution in [2.75, 3.05) is 6.61 Å². The highest BCUT2D eigenvalue weighted by atomic mass is 16.5. The molecule has 1 aromatic carbocycles. The maximum atomic E-state index is 11.2. The number of carbonyl (C=O) groups is 1. The van der Waals surface area contributed by atoms with Crippen molar-refractivity contribution in [3.05, 3.63) is 41.2 Å². The Morgan fingerprint density at radius 3 is 2.64 bits per heavy atom. The van der Waals surface area contributed by atoms with Crippen LogP contribution < -0.4 is 0 Å². The van der Waals surface area contributed by atoms with Crippen LogP contribution in [0.4, 0.5) is 5.69 Å². The van der Waals surface area contributed by atoms with E-state index in [1.807, 2.05) is 0 Å². The molecule has 14 heavy (non-hydrogen) atoms. The number of ether oxygens (including phenoxy) is 1. The van der Waals surface area contributed by atoms with E-state index in [-0.39, 0.29) is 6.61 Å². The van der Waals surface area contributed by atoms with E-state index in [4.69, 9.17) is 11.8 Å². The molecular formula is C10H6N2O2. The summed E-state index contributed by atoms with van der Waals surface area (Å²) in [6, 6.07) is 7.73. The van der Waals surface area contributed by atoms with Crippen molar-refractivity contribution >= 4 is 11.7 Å². The molecule has 4 nitrogen and oxygen atoms in total. The van der Waals surface area contributed by atoms with Crippen LogP contribution in [0.15, 0.2) is 24.3 Å². The van der Waals surface area contributed by atoms with Crippen LogP contribution in [-0.2, 0) is 4.74 Å². The highest BCUT2D eigenvalue weighted by Crippen LogP contribution is 2.12. The lowest BCUT2D eigenvalue weighted by atomic mass is 10.2. The van der Waals surface area contributed by atoms with Crippen LogP contribution in [0.25, 0.3) is 4.85 Å². The molecule has 0 atom stereocenters. The Hall–Kier alpha value is -2.33. The Balaban J connectivity index is 2.74. The number of rotatable bonds is 2. The lowest BCUT2D eigenvalue weighted by molar-refractivity contribution is 0.0555. The van der Waals surface area contributed by atoms with Crippen LogP contribution in [0.3, 0.4) is 0 Å². The summed E-state index contributed by atoms with van der Waals surface area (Å²) in [5.74, 6) is -0.553. The Morgan fingerprint density at radius 1 is 1.50 bits per heavy atom. The number of esters is 1. The fourth-order valence-corrected chi connectivity index (χ4v) is 0.853. The molecule has 0 N–H and O–H groups in total. The van der Waals surface area contributed by atoms with Gasteiger partial charge in [-0.3, -0.25) is 0 Å². The third-order valence-corrected chi connectivity index (χ3v) is 1.50. The summed E-state index contributed by atoms with van der Waals surface area (Å²) >= 11 is 0. The smallest absolute Gasteiger partial charge is 0.339 e. The normalized spacial score (nSPS) is 8.43. The first-order valence-electron chi connectivity index (χ1n) is 3.79. The van der Waals surface area contributed by atoms with Gasteiger partial charge in [0.25, 0.3) is 0 Å². The monoisotopic (exact) mass is 186 g/mol. The summed E-state index contributed by atoms with van der Waals surface area (Å²) in [5, 5.41) is 8.18. The van der Waals surface area contributed by atoms with Crippen LogP contribution in [-0.4, -0.2) is 12.6 Å². The maximum absolute atomic E-state index is 11.2. The van der Waals surface area contributed by atoms with Crippen LogP contribution in [0.5, 0.6) is 0 Å². The van der Waals surface area contributed by atoms with E-state index in [0.29, 0.717) is 11.3 Å². The van der Waals surface area contributed by atoms with Crippen molar-refractivity contribution in [2.45, 2.75) is 0 Å². The number of hydrogen-bond acceptors (Lipinski definition) is 3. The Morgan fingerprint density at radius 2 is 2.14 bits per heavy atom. The third kappa shape index (κ3) is 2.33. The molecule has 0 spiro atoms. The molecule has 0 aliphatic rings. The van der Waals surface area contributed by atoms with Gasteiger partial charge in [0, 0.05) is 0 Å². The second-order valence-electron chi connectivity index (χ2n) is 2.39. The van der Waals surface area contributed by atoms with E-state index in [9.17, 15) is 4.79 Å². The number of nitrogens with zero attached hydrogens (tertiary/aromatic N) is 2. The van der Waals surface area contributed by atoms with Crippen molar-refractivity contribution < 1.29 is 9.53 Å². The largest absolute Gasteiger partial charge is 0.447 e. The van der Waals surface area contributed by atoms with Gasteiger partial charge in [0.2, 0.25) is 0 Å². The number of carbonyl (C=O) groups excluding carboxylic acids is 1. The van der Waals surface area contributed by atoms with Crippen LogP contribution in [0.1, 0.15) is 10.4 Å². The number of hydrogen-bond donors (Lipinski definition) is 0. The molecule has 0 aromatic heterocycles. The van der Waals surface area contributed by atoms with Gasteiger partial charge in [0.1, 0.15) is 6.07 Å². The molecule has 0 saturated carbocycles. The summed E-state index contributed by atoms with van der Waals surface area (Å²) < 4.78 is 4.57. The van der Waals surface area contributed by atoms with Gasteiger partial charge < -0.3 is 4.74 Å². The summed E-state index contributed by atoms with van der Waals surface area (Å²) in [6.07, 6.45) is 0. The van der Waals surface area contributed by atoms with Gasteiger partial charge in [-0.05, 0) is 0 Å². The van der Waals surface area contributed by atoms with Gasteiger partial charge in [-0.1, -0.05) is 24.3 Å². The van der Waals surface area contributed by atoms with Crippen LogP contribution in [0.2, 0.25) is 0 Å². The van der Waals surface area contributed by atoms with Crippen molar-refractivity contribution in [3.63, 3.8) is 0 Å². The average Bonchev–Trinajstić information content (AvgIpc) is 2.26. The molecule has 0 heterocycles. The molecule has 0 saturated heterocycles. The summed E-state index contributed by atoms with van der Waals surface area (Å²) in [4.78, 5) is 14.3. The van der Waals surface area contributed by atoms with Crippen molar-refractivity contribution in [1.29, 1.82) is 5.26 Å². The Labute approximate surface area is 81.2 Å². The topological polar surface area (TPSA) is 54.5 Å². The van der Waals surface area contributed by atoms with Gasteiger partial charge in [0.05, 0.1) is 12.1 Å². The molecule has 68 valence electrons. The highest BCUT2D eigenvalue weighted by Gasteiger charge is 2.05. The van der Waals surface area contributed by atoms with Crippen LogP contribution in [0, 0.1) is 17.9 Å². The maximum Gasteiger partial charge on any atom is 0.339 e. The molecule has 0 radical (unpaired) electrons. The van der Waals surface area contributed by atoms with Crippen molar-refractivity contribution in [3.8, 4) is 6.07 Å². The predicted octanol–water partition coefficient (Wildman–Crippen LogP) is 1.92. The molecule has 0 unspecified atom stereocenters. The number of benzene rings is 1. The van der Waals surface area contributed by atoms with Gasteiger partial charge in [-0.15, -0.1) is 0 Å². The molecule has 4 heteroatoms. The van der Waals surface area contributed by atoms with Crippen molar-refractivity contribution in [2.24, 2.45) is 0 Å². The first-order valence-corrected chi connectivity index (χ1v) is 3.79. The standard InChI is InChI=1S/C10H6N2O2/c1-12-9-4-2-8(3-5-9)10(13)14-7-6-11/h2-5H,7H2. The van der Waals surface area contributed by atoms with E-state index < -0.39 is 5.97 Å². The molecule has 0 fully saturated rings. The molecule has 1 aromatic rings. The molecular weight excluding hydrogens is 180 g/mol. The number of nitriles is 1. The average molecular weight is 186 g/mol. The first-order chi connectivity index (χ1) is 6.77. The Bertz CT molecular complexity index is 409. The zero-order valence-corrected chi connectivity index (χ0v) is 7.23. The van der Waals surface area contributed by atoms with E-state index in [0.717, 1.165) is 0 Å². The lowest BCUT2D eigenvalue weighted by Crippen LogP contribution is -2.04. The lowest BCUT2D eigenvalue weighted by Gasteiger charge is -1.99. The van der Waals surface area contributed by atoms with E-state index in [1.165, 1.54) is 24.3 Å². The fraction of sp³-hybridized carbons (Fsp3) is 0.100. The second kappa shape index (κ2) is 4.64. The van der Waals surface area contributed by atoms with Gasteiger partial charge in [0.15, 0.2) is 12.3 Å². The fourth-order valence-electron chi connectivity index (χ4n) is 0.853. The SMILES string of the molecule is [C-]#[N+]c1ccc(C(=O)OCC#N)cc1. The van der Waals surface area contributed by atoms with Gasteiger partial charge >= 0.3 is 5.97 Å². The van der Waals surface area contributed by atoms with Crippen LogP contribution >= 0.6 is 0 Å². The summed E-state index contributed by atoms with van der Waals surface area (Å²) in [6.45, 7) is 6.44. The highest BCUT2D eigenvalue weighted by molar-refractivity contribution is 5.89. The summed E-state index contributed by atoms with van der Waals surface area (Å²) in [7, 11) is 0. The zero-order valence-electron chi connectivity index (χ0n) is 7.23. The minimum Gasteiger partial charge on any atom is -0.447 e. The second-order valence-corrected chi connectivity index (χ2v) is 2.39. The quantitative estimate of drug-likeness (QED) is 0.523. The van der Waals surface area contributed by atoms with E-state index in [2.05, 4.69) is 9.58 Å². The third-order valence-electron chi connectivity index (χ3n) is 1.50. The Kier molecular flexibility index (Phi) is 3.23. The first kappa shape index (κ1) is 9.76. The molecule has 1 rings (SSSR count). The zero-order chi connectivity index (χ0) is 10.4. The van der Waals surface area contributed by atoms with Gasteiger partial charge in [-0.2, -0.15) is 5.26 Å². The van der Waals surface area contributed by atoms with E-state index >= 15 is 0 Å². The minimum atomic E-state index is -0.553.